The molecule has 3 heterocycles. The highest BCUT2D eigenvalue weighted by molar-refractivity contribution is 7.25. The summed E-state index contributed by atoms with van der Waals surface area (Å²) in [7, 11) is 0. The molecule has 0 amide bonds. The Bertz CT molecular complexity index is 3130. The number of hydrogen-bond donors (Lipinski definition) is 0. The third-order valence-electron chi connectivity index (χ3n) is 10.4. The molecular formula is C48H30N2OS. The molecule has 0 bridgehead atoms. The Morgan fingerprint density at radius 2 is 0.981 bits per heavy atom. The third-order valence-corrected chi connectivity index (χ3v) is 11.5. The summed E-state index contributed by atoms with van der Waals surface area (Å²) in [5, 5.41) is 7.35. The van der Waals surface area contributed by atoms with Gasteiger partial charge in [0.2, 0.25) is 0 Å². The summed E-state index contributed by atoms with van der Waals surface area (Å²) in [6.07, 6.45) is 0. The number of furan rings is 1. The van der Waals surface area contributed by atoms with Crippen LogP contribution in [0.25, 0.3) is 80.7 Å². The first kappa shape index (κ1) is 29.1. The van der Waals surface area contributed by atoms with Crippen LogP contribution in [0.1, 0.15) is 0 Å². The fourth-order valence-electron chi connectivity index (χ4n) is 7.96. The lowest BCUT2D eigenvalue weighted by Crippen LogP contribution is -2.10. The van der Waals surface area contributed by atoms with Crippen molar-refractivity contribution in [3.63, 3.8) is 0 Å². The highest BCUT2D eigenvalue weighted by Gasteiger charge is 2.19. The van der Waals surface area contributed by atoms with Gasteiger partial charge in [0, 0.05) is 70.5 Å². The van der Waals surface area contributed by atoms with Crippen LogP contribution in [-0.2, 0) is 0 Å². The van der Waals surface area contributed by atoms with Crippen LogP contribution in [0.3, 0.4) is 0 Å². The van der Waals surface area contributed by atoms with E-state index in [9.17, 15) is 0 Å². The first-order chi connectivity index (χ1) is 25.8. The second-order valence-corrected chi connectivity index (χ2v) is 14.4. The molecule has 0 radical (unpaired) electrons. The van der Waals surface area contributed by atoms with Gasteiger partial charge < -0.3 is 13.9 Å². The van der Waals surface area contributed by atoms with Crippen LogP contribution < -0.4 is 4.90 Å². The van der Waals surface area contributed by atoms with Crippen molar-refractivity contribution in [1.29, 1.82) is 0 Å². The number of anilines is 3. The van der Waals surface area contributed by atoms with E-state index in [1.165, 1.54) is 47.6 Å². The van der Waals surface area contributed by atoms with E-state index in [2.05, 4.69) is 179 Å². The number of nitrogens with zero attached hydrogens (tertiary/aromatic N) is 2. The Kier molecular flexibility index (Phi) is 6.42. The number of thiophene rings is 1. The van der Waals surface area contributed by atoms with Crippen LogP contribution in [0.15, 0.2) is 186 Å². The molecule has 244 valence electrons. The molecule has 8 aromatic carbocycles. The Labute approximate surface area is 303 Å². The average Bonchev–Trinajstić information content (AvgIpc) is 3.87. The highest BCUT2D eigenvalue weighted by atomic mass is 32.1. The van der Waals surface area contributed by atoms with Crippen molar-refractivity contribution in [2.45, 2.75) is 0 Å². The first-order valence-corrected chi connectivity index (χ1v) is 18.4. The normalized spacial score (nSPS) is 11.8. The number of rotatable bonds is 5. The van der Waals surface area contributed by atoms with E-state index in [0.717, 1.165) is 50.2 Å². The van der Waals surface area contributed by atoms with Crippen molar-refractivity contribution in [1.82, 2.24) is 4.57 Å². The fraction of sp³-hybridized carbons (Fsp3) is 0. The van der Waals surface area contributed by atoms with E-state index in [1.807, 2.05) is 23.5 Å². The number of para-hydroxylation sites is 3. The van der Waals surface area contributed by atoms with Gasteiger partial charge in [-0.15, -0.1) is 11.3 Å². The minimum atomic E-state index is 0.872. The molecule has 52 heavy (non-hydrogen) atoms. The molecule has 0 fully saturated rings. The van der Waals surface area contributed by atoms with Crippen LogP contribution in [0.4, 0.5) is 17.1 Å². The maximum atomic E-state index is 6.41. The number of benzene rings is 8. The number of hydrogen-bond acceptors (Lipinski definition) is 3. The van der Waals surface area contributed by atoms with E-state index in [-0.39, 0.29) is 0 Å². The van der Waals surface area contributed by atoms with Gasteiger partial charge in [0.25, 0.3) is 0 Å². The van der Waals surface area contributed by atoms with E-state index in [4.69, 9.17) is 4.42 Å². The van der Waals surface area contributed by atoms with Gasteiger partial charge >= 0.3 is 0 Å². The van der Waals surface area contributed by atoms with Crippen molar-refractivity contribution >= 4 is 92.3 Å². The topological polar surface area (TPSA) is 21.3 Å². The standard InChI is InChI=1S/C48H30N2OS/c1-2-10-33(11-3-1)50-43-15-7-4-12-37(43)38-26-23-35(29-44(38)50)49(36-24-27-40-39-13-5-8-16-45(39)51-46(40)30-36)34-21-18-31(19-22-34)32-20-25-42-41-14-6-9-17-47(41)52-48(42)28-32/h1-30H. The van der Waals surface area contributed by atoms with Gasteiger partial charge in [-0.05, 0) is 83.9 Å². The maximum absolute atomic E-state index is 6.41. The van der Waals surface area contributed by atoms with E-state index < -0.39 is 0 Å². The van der Waals surface area contributed by atoms with Gasteiger partial charge in [-0.3, -0.25) is 0 Å². The smallest absolute Gasteiger partial charge is 0.137 e. The molecule has 11 rings (SSSR count). The molecule has 0 aliphatic carbocycles. The highest BCUT2D eigenvalue weighted by Crippen LogP contribution is 2.42. The van der Waals surface area contributed by atoms with E-state index in [1.54, 1.807) is 0 Å². The van der Waals surface area contributed by atoms with Gasteiger partial charge in [-0.1, -0.05) is 103 Å². The van der Waals surface area contributed by atoms with E-state index >= 15 is 0 Å². The molecular weight excluding hydrogens is 653 g/mol. The predicted molar refractivity (Wildman–Crippen MR) is 221 cm³/mol. The SMILES string of the molecule is c1ccc(-n2c3ccccc3c3ccc(N(c4ccc(-c5ccc6c(c5)sc5ccccc56)cc4)c4ccc5c(c4)oc4ccccc45)cc32)cc1. The molecule has 0 aliphatic rings. The van der Waals surface area contributed by atoms with E-state index in [0.29, 0.717) is 0 Å². The quantitative estimate of drug-likeness (QED) is 0.180. The lowest BCUT2D eigenvalue weighted by Gasteiger charge is -2.26. The lowest BCUT2D eigenvalue weighted by molar-refractivity contribution is 0.669. The molecule has 0 aliphatic heterocycles. The molecule has 0 unspecified atom stereocenters. The molecule has 3 nitrogen and oxygen atoms in total. The molecule has 0 atom stereocenters. The van der Waals surface area contributed by atoms with Crippen molar-refractivity contribution in [2.75, 3.05) is 4.90 Å². The minimum Gasteiger partial charge on any atom is -0.456 e. The molecule has 0 spiro atoms. The summed E-state index contributed by atoms with van der Waals surface area (Å²) in [6, 6.07) is 65.5. The Morgan fingerprint density at radius 3 is 1.85 bits per heavy atom. The zero-order valence-corrected chi connectivity index (χ0v) is 28.8. The summed E-state index contributed by atoms with van der Waals surface area (Å²) >= 11 is 1.86. The predicted octanol–water partition coefficient (Wildman–Crippen LogP) is 14.2. The summed E-state index contributed by atoms with van der Waals surface area (Å²) < 4.78 is 11.4. The van der Waals surface area contributed by atoms with Crippen LogP contribution in [0.2, 0.25) is 0 Å². The number of aromatic nitrogens is 1. The van der Waals surface area contributed by atoms with Crippen molar-refractivity contribution < 1.29 is 4.42 Å². The number of fused-ring (bicyclic) bond motifs is 9. The van der Waals surface area contributed by atoms with Gasteiger partial charge in [-0.2, -0.15) is 0 Å². The minimum absolute atomic E-state index is 0.872. The van der Waals surface area contributed by atoms with Gasteiger partial charge in [0.1, 0.15) is 11.2 Å². The van der Waals surface area contributed by atoms with Crippen LogP contribution in [-0.4, -0.2) is 4.57 Å². The molecule has 0 saturated heterocycles. The summed E-state index contributed by atoms with van der Waals surface area (Å²) in [6.45, 7) is 0. The molecule has 3 aromatic heterocycles. The van der Waals surface area contributed by atoms with Gasteiger partial charge in [0.15, 0.2) is 0 Å². The molecule has 0 saturated carbocycles. The summed E-state index contributed by atoms with van der Waals surface area (Å²) in [5.74, 6) is 0. The van der Waals surface area contributed by atoms with Gasteiger partial charge in [-0.25, -0.2) is 0 Å². The molecule has 11 aromatic rings. The lowest BCUT2D eigenvalue weighted by atomic mass is 10.0. The van der Waals surface area contributed by atoms with Crippen molar-refractivity contribution in [3.05, 3.63) is 182 Å². The summed E-state index contributed by atoms with van der Waals surface area (Å²) in [5.41, 5.74) is 10.8. The molecule has 0 N–H and O–H groups in total. The van der Waals surface area contributed by atoms with Crippen LogP contribution in [0, 0.1) is 0 Å². The molecule has 4 heteroatoms. The monoisotopic (exact) mass is 682 g/mol. The first-order valence-electron chi connectivity index (χ1n) is 17.6. The third kappa shape index (κ3) is 4.51. The largest absolute Gasteiger partial charge is 0.456 e. The second kappa shape index (κ2) is 11.5. The van der Waals surface area contributed by atoms with Crippen molar-refractivity contribution in [2.24, 2.45) is 0 Å². The maximum Gasteiger partial charge on any atom is 0.137 e. The summed E-state index contributed by atoms with van der Waals surface area (Å²) in [4.78, 5) is 2.35. The average molecular weight is 683 g/mol. The Morgan fingerprint density at radius 1 is 0.385 bits per heavy atom. The second-order valence-electron chi connectivity index (χ2n) is 13.4. The van der Waals surface area contributed by atoms with Gasteiger partial charge in [0.05, 0.1) is 11.0 Å². The zero-order valence-electron chi connectivity index (χ0n) is 28.0. The Hall–Kier alpha value is -6.62. The van der Waals surface area contributed by atoms with Crippen LogP contribution >= 0.6 is 11.3 Å². The Balaban J connectivity index is 1.09. The zero-order chi connectivity index (χ0) is 34.2. The van der Waals surface area contributed by atoms with Crippen molar-refractivity contribution in [3.8, 4) is 16.8 Å². The van der Waals surface area contributed by atoms with Crippen LogP contribution in [0.5, 0.6) is 0 Å². The fourth-order valence-corrected chi connectivity index (χ4v) is 9.11.